The molecular formula is C25H34O3S. The second-order valence-corrected chi connectivity index (χ2v) is 8.57. The Kier molecular flexibility index (Phi) is 9.31. The van der Waals surface area contributed by atoms with E-state index in [0.717, 1.165) is 43.2 Å². The summed E-state index contributed by atoms with van der Waals surface area (Å²) < 4.78 is 0. The highest BCUT2D eigenvalue weighted by atomic mass is 32.1. The Balaban J connectivity index is 2.05. The second-order valence-electron chi connectivity index (χ2n) is 7.40. The van der Waals surface area contributed by atoms with E-state index in [0.29, 0.717) is 0 Å². The maximum atomic E-state index is 10.4. The minimum absolute atomic E-state index is 0.0427. The van der Waals surface area contributed by atoms with E-state index < -0.39 is 5.60 Å². The third-order valence-electron chi connectivity index (χ3n) is 5.56. The van der Waals surface area contributed by atoms with Crippen molar-refractivity contribution >= 4 is 16.9 Å². The van der Waals surface area contributed by atoms with Crippen molar-refractivity contribution in [1.29, 1.82) is 0 Å². The summed E-state index contributed by atoms with van der Waals surface area (Å²) in [5, 5.41) is 29.2. The van der Waals surface area contributed by atoms with Crippen LogP contribution in [-0.2, 0) is 26.1 Å². The van der Waals surface area contributed by atoms with Gasteiger partial charge in [0.2, 0.25) is 0 Å². The average Bonchev–Trinajstić information content (AvgIpc) is 3.23. The molecule has 0 atom stereocenters. The van der Waals surface area contributed by atoms with Crippen molar-refractivity contribution in [2.45, 2.75) is 71.7 Å². The maximum Gasteiger partial charge on any atom is 0.0825 e. The first-order chi connectivity index (χ1) is 14.0. The summed E-state index contributed by atoms with van der Waals surface area (Å²) in [5.74, 6) is 0. The van der Waals surface area contributed by atoms with Crippen molar-refractivity contribution in [3.05, 3.63) is 75.0 Å². The van der Waals surface area contributed by atoms with Gasteiger partial charge in [0.05, 0.1) is 18.8 Å². The number of allylic oxidation sites excluding steroid dienone is 3. The number of hydrogen-bond donors (Lipinski definition) is 3. The monoisotopic (exact) mass is 414 g/mol. The fourth-order valence-corrected chi connectivity index (χ4v) is 4.39. The van der Waals surface area contributed by atoms with Crippen LogP contribution in [0.3, 0.4) is 0 Å². The topological polar surface area (TPSA) is 60.7 Å². The molecule has 0 amide bonds. The summed E-state index contributed by atoms with van der Waals surface area (Å²) >= 11 is 1.82. The molecule has 0 aliphatic heterocycles. The highest BCUT2D eigenvalue weighted by Gasteiger charge is 2.17. The van der Waals surface area contributed by atoms with E-state index >= 15 is 0 Å². The molecule has 3 N–H and O–H groups in total. The molecule has 0 aliphatic carbocycles. The van der Waals surface area contributed by atoms with E-state index in [1.165, 1.54) is 20.9 Å². The predicted octanol–water partition coefficient (Wildman–Crippen LogP) is 5.42. The van der Waals surface area contributed by atoms with Gasteiger partial charge in [-0.3, -0.25) is 0 Å². The van der Waals surface area contributed by atoms with Crippen LogP contribution in [0.4, 0.5) is 0 Å². The minimum Gasteiger partial charge on any atom is -0.392 e. The lowest BCUT2D eigenvalue weighted by Gasteiger charge is -2.19. The molecule has 1 aromatic heterocycles. The fourth-order valence-electron chi connectivity index (χ4n) is 3.29. The number of thiophene rings is 1. The van der Waals surface area contributed by atoms with Crippen LogP contribution in [-0.4, -0.2) is 20.9 Å². The SMILES string of the molecule is CCC(=CC=CC(O)(CC)CC)c1ccc(CCc2ccc(CO)c(CO)c2)s1. The van der Waals surface area contributed by atoms with Crippen molar-refractivity contribution in [3.63, 3.8) is 0 Å². The molecule has 1 heterocycles. The summed E-state index contributed by atoms with van der Waals surface area (Å²) in [6, 6.07) is 10.3. The van der Waals surface area contributed by atoms with Gasteiger partial charge in [-0.1, -0.05) is 57.2 Å². The standard InChI is InChI=1S/C25H34O3S/c1-4-20(8-7-15-25(28,5-2)6-3)24-14-13-23(29-24)12-10-19-9-11-21(17-26)22(16-19)18-27/h7-9,11,13-16,26-28H,4-6,10,12,17-18H2,1-3H3. The molecule has 158 valence electrons. The van der Waals surface area contributed by atoms with Crippen molar-refractivity contribution in [1.82, 2.24) is 0 Å². The largest absolute Gasteiger partial charge is 0.392 e. The Hall–Kier alpha value is -1.72. The quantitative estimate of drug-likeness (QED) is 0.430. The minimum atomic E-state index is -0.713. The van der Waals surface area contributed by atoms with Gasteiger partial charge in [-0.15, -0.1) is 11.3 Å². The molecular weight excluding hydrogens is 380 g/mol. The van der Waals surface area contributed by atoms with Gasteiger partial charge in [0.15, 0.2) is 0 Å². The number of aliphatic hydroxyl groups is 3. The number of rotatable bonds is 11. The molecule has 0 bridgehead atoms. The third kappa shape index (κ3) is 6.65. The van der Waals surface area contributed by atoms with Crippen molar-refractivity contribution in [3.8, 4) is 0 Å². The zero-order valence-electron chi connectivity index (χ0n) is 17.8. The zero-order valence-corrected chi connectivity index (χ0v) is 18.6. The maximum absolute atomic E-state index is 10.4. The van der Waals surface area contributed by atoms with Gasteiger partial charge in [-0.05, 0) is 66.5 Å². The zero-order chi connectivity index (χ0) is 21.3. The van der Waals surface area contributed by atoms with Gasteiger partial charge in [0.1, 0.15) is 0 Å². The number of aryl methyl sites for hydroxylation is 2. The summed E-state index contributed by atoms with van der Waals surface area (Å²) in [4.78, 5) is 2.61. The van der Waals surface area contributed by atoms with E-state index in [-0.39, 0.29) is 13.2 Å². The summed E-state index contributed by atoms with van der Waals surface area (Å²) in [5.41, 5.74) is 3.34. The number of benzene rings is 1. The van der Waals surface area contributed by atoms with Gasteiger partial charge >= 0.3 is 0 Å². The first kappa shape index (κ1) is 23.6. The van der Waals surface area contributed by atoms with Gasteiger partial charge in [-0.25, -0.2) is 0 Å². The normalized spacial score (nSPS) is 12.8. The Morgan fingerprint density at radius 3 is 2.31 bits per heavy atom. The smallest absolute Gasteiger partial charge is 0.0825 e. The van der Waals surface area contributed by atoms with Crippen LogP contribution in [0.15, 0.2) is 48.6 Å². The molecule has 4 heteroatoms. The van der Waals surface area contributed by atoms with E-state index in [9.17, 15) is 15.3 Å². The molecule has 0 saturated heterocycles. The molecule has 0 radical (unpaired) electrons. The van der Waals surface area contributed by atoms with Crippen molar-refractivity contribution < 1.29 is 15.3 Å². The number of aliphatic hydroxyl groups excluding tert-OH is 2. The van der Waals surface area contributed by atoms with E-state index in [2.05, 4.69) is 25.1 Å². The van der Waals surface area contributed by atoms with Crippen LogP contribution in [0.5, 0.6) is 0 Å². The van der Waals surface area contributed by atoms with Gasteiger partial charge < -0.3 is 15.3 Å². The fraction of sp³-hybridized carbons (Fsp3) is 0.440. The third-order valence-corrected chi connectivity index (χ3v) is 6.78. The van der Waals surface area contributed by atoms with Crippen LogP contribution < -0.4 is 0 Å². The Bertz CT molecular complexity index is 828. The predicted molar refractivity (Wildman–Crippen MR) is 123 cm³/mol. The molecule has 0 saturated carbocycles. The van der Waals surface area contributed by atoms with Gasteiger partial charge in [0, 0.05) is 9.75 Å². The lowest BCUT2D eigenvalue weighted by Crippen LogP contribution is -2.22. The highest BCUT2D eigenvalue weighted by Crippen LogP contribution is 2.28. The Morgan fingerprint density at radius 2 is 1.69 bits per heavy atom. The van der Waals surface area contributed by atoms with Crippen LogP contribution in [0.25, 0.3) is 5.57 Å². The van der Waals surface area contributed by atoms with Crippen LogP contribution in [0.2, 0.25) is 0 Å². The molecule has 0 fully saturated rings. The van der Waals surface area contributed by atoms with Crippen LogP contribution >= 0.6 is 11.3 Å². The first-order valence-electron chi connectivity index (χ1n) is 10.5. The Morgan fingerprint density at radius 1 is 0.966 bits per heavy atom. The van der Waals surface area contributed by atoms with Gasteiger partial charge in [0.25, 0.3) is 0 Å². The Labute approximate surface area is 179 Å². The van der Waals surface area contributed by atoms with Crippen LogP contribution in [0.1, 0.15) is 66.5 Å². The molecule has 3 nitrogen and oxygen atoms in total. The lowest BCUT2D eigenvalue weighted by molar-refractivity contribution is 0.0828. The van der Waals surface area contributed by atoms with Crippen LogP contribution in [0, 0.1) is 0 Å². The van der Waals surface area contributed by atoms with E-state index in [4.69, 9.17) is 0 Å². The lowest BCUT2D eigenvalue weighted by atomic mass is 9.97. The van der Waals surface area contributed by atoms with Crippen molar-refractivity contribution in [2.24, 2.45) is 0 Å². The molecule has 1 aromatic carbocycles. The molecule has 0 unspecified atom stereocenters. The molecule has 2 rings (SSSR count). The van der Waals surface area contributed by atoms with E-state index in [1.807, 2.05) is 55.5 Å². The first-order valence-corrected chi connectivity index (χ1v) is 11.3. The van der Waals surface area contributed by atoms with Gasteiger partial charge in [-0.2, -0.15) is 0 Å². The second kappa shape index (κ2) is 11.5. The molecule has 0 spiro atoms. The molecule has 2 aromatic rings. The number of hydrogen-bond acceptors (Lipinski definition) is 4. The molecule has 0 aliphatic rings. The summed E-state index contributed by atoms with van der Waals surface area (Å²) in [6.45, 7) is 6.08. The van der Waals surface area contributed by atoms with Crippen molar-refractivity contribution in [2.75, 3.05) is 0 Å². The summed E-state index contributed by atoms with van der Waals surface area (Å²) in [6.07, 6.45) is 10.3. The van der Waals surface area contributed by atoms with E-state index in [1.54, 1.807) is 0 Å². The highest BCUT2D eigenvalue weighted by molar-refractivity contribution is 7.13. The average molecular weight is 415 g/mol. The molecule has 29 heavy (non-hydrogen) atoms. The summed E-state index contributed by atoms with van der Waals surface area (Å²) in [7, 11) is 0.